The van der Waals surface area contributed by atoms with Gasteiger partial charge in [-0.25, -0.2) is 0 Å². The van der Waals surface area contributed by atoms with Crippen molar-refractivity contribution in [1.82, 2.24) is 4.98 Å². The number of nitrogen functional groups attached to an aromatic ring is 1. The Bertz CT molecular complexity index is 375. The van der Waals surface area contributed by atoms with E-state index in [9.17, 15) is 9.90 Å². The standard InChI is InChI=1S/C11H14N2O2/c12-9-3-4-13-6-8(9)5-10(14)11(15)7-1-2-7/h3-4,6-7,11,15H,1-2,5H2,(H2,12,13). The van der Waals surface area contributed by atoms with E-state index >= 15 is 0 Å². The number of pyridine rings is 1. The molecule has 0 saturated heterocycles. The van der Waals surface area contributed by atoms with Gasteiger partial charge in [-0.2, -0.15) is 0 Å². The Balaban J connectivity index is 2.02. The molecule has 0 aromatic carbocycles. The van der Waals surface area contributed by atoms with Crippen LogP contribution in [0.2, 0.25) is 0 Å². The Morgan fingerprint density at radius 2 is 2.40 bits per heavy atom. The van der Waals surface area contributed by atoms with Gasteiger partial charge in [0.15, 0.2) is 5.78 Å². The molecule has 80 valence electrons. The summed E-state index contributed by atoms with van der Waals surface area (Å²) >= 11 is 0. The third kappa shape index (κ3) is 2.33. The van der Waals surface area contributed by atoms with Crippen LogP contribution >= 0.6 is 0 Å². The summed E-state index contributed by atoms with van der Waals surface area (Å²) in [7, 11) is 0. The van der Waals surface area contributed by atoms with Gasteiger partial charge < -0.3 is 10.8 Å². The number of ketones is 1. The molecule has 1 aromatic rings. The van der Waals surface area contributed by atoms with Crippen LogP contribution in [0, 0.1) is 5.92 Å². The van der Waals surface area contributed by atoms with E-state index in [0.29, 0.717) is 11.3 Å². The number of aliphatic hydroxyl groups excluding tert-OH is 1. The summed E-state index contributed by atoms with van der Waals surface area (Å²) in [5, 5.41) is 9.60. The van der Waals surface area contributed by atoms with Crippen molar-refractivity contribution in [3.8, 4) is 0 Å². The molecule has 0 spiro atoms. The van der Waals surface area contributed by atoms with Crippen LogP contribution in [-0.2, 0) is 11.2 Å². The van der Waals surface area contributed by atoms with Crippen LogP contribution in [0.25, 0.3) is 0 Å². The largest absolute Gasteiger partial charge is 0.398 e. The molecule has 0 aliphatic heterocycles. The number of hydrogen-bond acceptors (Lipinski definition) is 4. The van der Waals surface area contributed by atoms with Gasteiger partial charge in [-0.15, -0.1) is 0 Å². The summed E-state index contributed by atoms with van der Waals surface area (Å²) < 4.78 is 0. The second kappa shape index (κ2) is 3.98. The molecule has 1 aromatic heterocycles. The number of carbonyl (C=O) groups is 1. The van der Waals surface area contributed by atoms with Crippen molar-refractivity contribution >= 4 is 11.5 Å². The van der Waals surface area contributed by atoms with E-state index < -0.39 is 6.10 Å². The molecule has 15 heavy (non-hydrogen) atoms. The molecular weight excluding hydrogens is 192 g/mol. The molecule has 4 nitrogen and oxygen atoms in total. The normalized spacial score (nSPS) is 17.4. The van der Waals surface area contributed by atoms with Crippen LogP contribution in [0.4, 0.5) is 5.69 Å². The monoisotopic (exact) mass is 206 g/mol. The van der Waals surface area contributed by atoms with E-state index in [-0.39, 0.29) is 18.1 Å². The van der Waals surface area contributed by atoms with Gasteiger partial charge in [0.1, 0.15) is 6.10 Å². The quantitative estimate of drug-likeness (QED) is 0.754. The molecular formula is C11H14N2O2. The fourth-order valence-corrected chi connectivity index (χ4v) is 1.55. The van der Waals surface area contributed by atoms with Gasteiger partial charge in [-0.05, 0) is 24.8 Å². The fourth-order valence-electron chi connectivity index (χ4n) is 1.55. The Hall–Kier alpha value is -1.42. The Morgan fingerprint density at radius 3 is 3.00 bits per heavy atom. The number of aliphatic hydroxyl groups is 1. The van der Waals surface area contributed by atoms with E-state index in [1.165, 1.54) is 0 Å². The lowest BCUT2D eigenvalue weighted by atomic mass is 10.0. The number of aromatic nitrogens is 1. The highest BCUT2D eigenvalue weighted by Gasteiger charge is 2.34. The third-order valence-corrected chi connectivity index (χ3v) is 2.70. The van der Waals surface area contributed by atoms with Gasteiger partial charge >= 0.3 is 0 Å². The van der Waals surface area contributed by atoms with E-state index in [0.717, 1.165) is 12.8 Å². The van der Waals surface area contributed by atoms with Crippen LogP contribution < -0.4 is 5.73 Å². The fraction of sp³-hybridized carbons (Fsp3) is 0.455. The molecule has 4 heteroatoms. The van der Waals surface area contributed by atoms with Crippen molar-refractivity contribution in [2.45, 2.75) is 25.4 Å². The Morgan fingerprint density at radius 1 is 1.67 bits per heavy atom. The lowest BCUT2D eigenvalue weighted by Crippen LogP contribution is -2.24. The second-order valence-corrected chi connectivity index (χ2v) is 4.00. The first-order valence-corrected chi connectivity index (χ1v) is 5.07. The van der Waals surface area contributed by atoms with Crippen LogP contribution in [0.5, 0.6) is 0 Å². The lowest BCUT2D eigenvalue weighted by Gasteiger charge is -2.08. The molecule has 1 unspecified atom stereocenters. The smallest absolute Gasteiger partial charge is 0.166 e. The van der Waals surface area contributed by atoms with Crippen molar-refractivity contribution in [3.05, 3.63) is 24.0 Å². The minimum Gasteiger partial charge on any atom is -0.398 e. The summed E-state index contributed by atoms with van der Waals surface area (Å²) in [6, 6.07) is 1.66. The first kappa shape index (κ1) is 10.1. The number of anilines is 1. The van der Waals surface area contributed by atoms with Crippen molar-refractivity contribution in [2.75, 3.05) is 5.73 Å². The molecule has 0 amide bonds. The molecule has 3 N–H and O–H groups in total. The number of carbonyl (C=O) groups excluding carboxylic acids is 1. The van der Waals surface area contributed by atoms with Crippen molar-refractivity contribution < 1.29 is 9.90 Å². The predicted octanol–water partition coefficient (Wildman–Crippen LogP) is 0.546. The topological polar surface area (TPSA) is 76.2 Å². The van der Waals surface area contributed by atoms with Crippen LogP contribution in [0.3, 0.4) is 0 Å². The lowest BCUT2D eigenvalue weighted by molar-refractivity contribution is -0.127. The number of hydrogen-bond donors (Lipinski definition) is 2. The average Bonchev–Trinajstić information content (AvgIpc) is 3.04. The zero-order valence-corrected chi connectivity index (χ0v) is 8.39. The van der Waals surface area contributed by atoms with Crippen LogP contribution in [-0.4, -0.2) is 22.0 Å². The average molecular weight is 206 g/mol. The van der Waals surface area contributed by atoms with Crippen LogP contribution in [0.1, 0.15) is 18.4 Å². The van der Waals surface area contributed by atoms with Gasteiger partial charge in [-0.3, -0.25) is 9.78 Å². The minimum atomic E-state index is -0.815. The molecule has 1 fully saturated rings. The molecule has 1 heterocycles. The van der Waals surface area contributed by atoms with Gasteiger partial charge in [0.25, 0.3) is 0 Å². The Labute approximate surface area is 88.1 Å². The summed E-state index contributed by atoms with van der Waals surface area (Å²) in [6.45, 7) is 0. The summed E-state index contributed by atoms with van der Waals surface area (Å²) in [4.78, 5) is 15.5. The molecule has 1 aliphatic carbocycles. The van der Waals surface area contributed by atoms with E-state index in [1.54, 1.807) is 18.5 Å². The van der Waals surface area contributed by atoms with Crippen molar-refractivity contribution in [2.24, 2.45) is 5.92 Å². The maximum atomic E-state index is 11.6. The second-order valence-electron chi connectivity index (χ2n) is 4.00. The highest BCUT2D eigenvalue weighted by Crippen LogP contribution is 2.33. The Kier molecular flexibility index (Phi) is 2.68. The predicted molar refractivity (Wildman–Crippen MR) is 56.1 cm³/mol. The van der Waals surface area contributed by atoms with Gasteiger partial charge in [0.05, 0.1) is 0 Å². The summed E-state index contributed by atoms with van der Waals surface area (Å²) in [5.74, 6) is 0.0209. The molecule has 1 atom stereocenters. The zero-order valence-electron chi connectivity index (χ0n) is 8.39. The molecule has 0 radical (unpaired) electrons. The molecule has 1 saturated carbocycles. The van der Waals surface area contributed by atoms with Crippen molar-refractivity contribution in [3.63, 3.8) is 0 Å². The maximum absolute atomic E-state index is 11.6. The zero-order chi connectivity index (χ0) is 10.8. The molecule has 0 bridgehead atoms. The first-order chi connectivity index (χ1) is 7.18. The SMILES string of the molecule is Nc1ccncc1CC(=O)C(O)C1CC1. The van der Waals surface area contributed by atoms with E-state index in [1.807, 2.05) is 0 Å². The maximum Gasteiger partial charge on any atom is 0.166 e. The number of Topliss-reactive ketones (excluding diaryl/α,β-unsaturated/α-hetero) is 1. The summed E-state index contributed by atoms with van der Waals surface area (Å²) in [5.41, 5.74) is 6.94. The van der Waals surface area contributed by atoms with Crippen molar-refractivity contribution in [1.29, 1.82) is 0 Å². The number of nitrogens with zero attached hydrogens (tertiary/aromatic N) is 1. The first-order valence-electron chi connectivity index (χ1n) is 5.07. The number of rotatable bonds is 4. The summed E-state index contributed by atoms with van der Waals surface area (Å²) in [6.07, 6.45) is 4.43. The van der Waals surface area contributed by atoms with E-state index in [4.69, 9.17) is 5.73 Å². The number of nitrogens with two attached hydrogens (primary N) is 1. The highest BCUT2D eigenvalue weighted by atomic mass is 16.3. The molecule has 1 aliphatic rings. The third-order valence-electron chi connectivity index (χ3n) is 2.70. The van der Waals surface area contributed by atoms with E-state index in [2.05, 4.69) is 4.98 Å². The minimum absolute atomic E-state index is 0.155. The van der Waals surface area contributed by atoms with Gasteiger partial charge in [0.2, 0.25) is 0 Å². The molecule has 2 rings (SSSR count). The van der Waals surface area contributed by atoms with Crippen LogP contribution in [0.15, 0.2) is 18.5 Å². The van der Waals surface area contributed by atoms with Gasteiger partial charge in [-0.1, -0.05) is 0 Å². The van der Waals surface area contributed by atoms with Gasteiger partial charge in [0, 0.05) is 30.1 Å². The highest BCUT2D eigenvalue weighted by molar-refractivity contribution is 5.86.